The lowest BCUT2D eigenvalue weighted by Crippen LogP contribution is -2.29. The maximum Gasteiger partial charge on any atom is 0.303 e. The molecule has 0 bridgehead atoms. The zero-order valence-corrected chi connectivity index (χ0v) is 15.6. The van der Waals surface area contributed by atoms with E-state index in [2.05, 4.69) is 5.16 Å². The Labute approximate surface area is 159 Å². The van der Waals surface area contributed by atoms with E-state index in [1.807, 2.05) is 30.3 Å². The molecule has 0 radical (unpaired) electrons. The van der Waals surface area contributed by atoms with Crippen molar-refractivity contribution >= 4 is 46.3 Å². The van der Waals surface area contributed by atoms with Crippen molar-refractivity contribution in [1.82, 2.24) is 10.1 Å². The van der Waals surface area contributed by atoms with Gasteiger partial charge >= 0.3 is 5.97 Å². The Morgan fingerprint density at radius 2 is 2.12 bits per heavy atom. The third-order valence-corrected chi connectivity index (χ3v) is 5.25. The number of aromatic nitrogens is 1. The van der Waals surface area contributed by atoms with Gasteiger partial charge in [0.15, 0.2) is 0 Å². The van der Waals surface area contributed by atoms with Gasteiger partial charge in [-0.1, -0.05) is 59.5 Å². The summed E-state index contributed by atoms with van der Waals surface area (Å²) in [6, 6.07) is 9.58. The zero-order valence-electron chi connectivity index (χ0n) is 14.0. The molecule has 0 atom stereocenters. The van der Waals surface area contributed by atoms with Gasteiger partial charge < -0.3 is 9.63 Å². The molecule has 0 aliphatic carbocycles. The van der Waals surface area contributed by atoms with Crippen LogP contribution in [0.2, 0.25) is 0 Å². The lowest BCUT2D eigenvalue weighted by atomic mass is 10.1. The van der Waals surface area contributed by atoms with Gasteiger partial charge in [0.25, 0.3) is 5.91 Å². The van der Waals surface area contributed by atoms with E-state index >= 15 is 0 Å². The van der Waals surface area contributed by atoms with Crippen LogP contribution in [0.1, 0.15) is 24.2 Å². The first-order valence-corrected chi connectivity index (χ1v) is 9.18. The van der Waals surface area contributed by atoms with Crippen LogP contribution in [0.3, 0.4) is 0 Å². The molecular weight excluding hydrogens is 372 g/mol. The van der Waals surface area contributed by atoms with Gasteiger partial charge in [-0.25, -0.2) is 0 Å². The van der Waals surface area contributed by atoms with Crippen molar-refractivity contribution in [2.24, 2.45) is 0 Å². The van der Waals surface area contributed by atoms with Crippen LogP contribution in [-0.2, 0) is 9.59 Å². The number of benzene rings is 1. The van der Waals surface area contributed by atoms with Gasteiger partial charge in [0.2, 0.25) is 0 Å². The maximum absolute atomic E-state index is 12.6. The van der Waals surface area contributed by atoms with Crippen molar-refractivity contribution in [1.29, 1.82) is 0 Å². The average molecular weight is 388 g/mol. The molecule has 0 spiro atoms. The highest BCUT2D eigenvalue weighted by Gasteiger charge is 2.32. The predicted molar refractivity (Wildman–Crippen MR) is 103 cm³/mol. The summed E-state index contributed by atoms with van der Waals surface area (Å²) in [6.45, 7) is 2.08. The molecule has 134 valence electrons. The molecule has 2 heterocycles. The Hall–Kier alpha value is -2.45. The molecule has 1 aromatic carbocycles. The van der Waals surface area contributed by atoms with Crippen LogP contribution in [0, 0.1) is 6.92 Å². The van der Waals surface area contributed by atoms with Crippen molar-refractivity contribution in [3.8, 4) is 11.3 Å². The third-order valence-electron chi connectivity index (χ3n) is 3.88. The van der Waals surface area contributed by atoms with Crippen LogP contribution in [0.5, 0.6) is 0 Å². The zero-order chi connectivity index (χ0) is 18.7. The van der Waals surface area contributed by atoms with E-state index in [0.717, 1.165) is 11.1 Å². The number of aliphatic carboxylic acids is 1. The number of carbonyl (C=O) groups excluding carboxylic acids is 1. The Morgan fingerprint density at radius 3 is 2.81 bits per heavy atom. The topological polar surface area (TPSA) is 83.6 Å². The molecule has 1 amide bonds. The number of hydrogen-bond acceptors (Lipinski definition) is 6. The first-order valence-electron chi connectivity index (χ1n) is 7.96. The van der Waals surface area contributed by atoms with Gasteiger partial charge in [-0.3, -0.25) is 14.5 Å². The van der Waals surface area contributed by atoms with Crippen LogP contribution in [-0.4, -0.2) is 37.9 Å². The van der Waals surface area contributed by atoms with Gasteiger partial charge in [-0.05, 0) is 19.4 Å². The average Bonchev–Trinajstić information content (AvgIpc) is 3.10. The number of carboxylic acids is 1. The number of nitrogens with zero attached hydrogens (tertiary/aromatic N) is 2. The van der Waals surface area contributed by atoms with E-state index in [9.17, 15) is 9.59 Å². The van der Waals surface area contributed by atoms with Crippen LogP contribution < -0.4 is 0 Å². The Balaban J connectivity index is 1.85. The van der Waals surface area contributed by atoms with Crippen LogP contribution in [0.25, 0.3) is 17.3 Å². The molecule has 0 saturated carbocycles. The Morgan fingerprint density at radius 1 is 1.38 bits per heavy atom. The van der Waals surface area contributed by atoms with Gasteiger partial charge in [0.05, 0.1) is 4.91 Å². The first kappa shape index (κ1) is 18.3. The molecule has 2 aromatic rings. The summed E-state index contributed by atoms with van der Waals surface area (Å²) >= 11 is 6.47. The number of hydrogen-bond donors (Lipinski definition) is 1. The molecule has 1 aromatic heterocycles. The van der Waals surface area contributed by atoms with Crippen LogP contribution >= 0.6 is 24.0 Å². The van der Waals surface area contributed by atoms with Crippen molar-refractivity contribution < 1.29 is 19.2 Å². The molecule has 6 nitrogen and oxygen atoms in total. The number of rotatable bonds is 6. The molecule has 1 aliphatic heterocycles. The van der Waals surface area contributed by atoms with E-state index in [0.29, 0.717) is 33.6 Å². The second kappa shape index (κ2) is 7.84. The van der Waals surface area contributed by atoms with Gasteiger partial charge in [-0.15, -0.1) is 0 Å². The third kappa shape index (κ3) is 3.86. The molecule has 3 rings (SSSR count). The minimum absolute atomic E-state index is 0.000971. The number of carbonyl (C=O) groups is 2. The van der Waals surface area contributed by atoms with Crippen molar-refractivity contribution in [3.05, 3.63) is 46.6 Å². The van der Waals surface area contributed by atoms with Crippen LogP contribution in [0.4, 0.5) is 0 Å². The lowest BCUT2D eigenvalue weighted by molar-refractivity contribution is -0.137. The number of thiocarbonyl (C=S) groups is 1. The fraction of sp³-hybridized carbons (Fsp3) is 0.222. The highest BCUT2D eigenvalue weighted by Crippen LogP contribution is 2.35. The monoisotopic (exact) mass is 388 g/mol. The maximum atomic E-state index is 12.6. The van der Waals surface area contributed by atoms with E-state index in [4.69, 9.17) is 21.8 Å². The van der Waals surface area contributed by atoms with Crippen molar-refractivity contribution in [3.63, 3.8) is 0 Å². The van der Waals surface area contributed by atoms with E-state index < -0.39 is 5.97 Å². The minimum Gasteiger partial charge on any atom is -0.481 e. The summed E-state index contributed by atoms with van der Waals surface area (Å²) in [4.78, 5) is 25.2. The molecule has 26 heavy (non-hydrogen) atoms. The number of carboxylic acid groups (broad SMARTS) is 1. The number of thioether (sulfide) groups is 1. The van der Waals surface area contributed by atoms with Crippen molar-refractivity contribution in [2.75, 3.05) is 6.54 Å². The smallest absolute Gasteiger partial charge is 0.303 e. The summed E-state index contributed by atoms with van der Waals surface area (Å²) < 4.78 is 5.75. The normalized spacial score (nSPS) is 15.9. The molecule has 8 heteroatoms. The standard InChI is InChI=1S/C18H16N2O4S2/c1-11-13(16(19-24-11)12-6-3-2-4-7-12)10-14-17(23)20(18(25)26-14)9-5-8-15(21)22/h2-4,6-7,10H,5,8-9H2,1H3,(H,21,22). The summed E-state index contributed by atoms with van der Waals surface area (Å²) in [7, 11) is 0. The second-order valence-corrected chi connectivity index (χ2v) is 7.37. The Kier molecular flexibility index (Phi) is 5.53. The van der Waals surface area contributed by atoms with Gasteiger partial charge in [-0.2, -0.15) is 0 Å². The fourth-order valence-corrected chi connectivity index (χ4v) is 3.86. The van der Waals surface area contributed by atoms with Gasteiger partial charge in [0.1, 0.15) is 15.8 Å². The van der Waals surface area contributed by atoms with Gasteiger partial charge in [0, 0.05) is 24.1 Å². The molecule has 0 unspecified atom stereocenters. The van der Waals surface area contributed by atoms with E-state index in [1.165, 1.54) is 16.7 Å². The molecule has 1 fully saturated rings. The quantitative estimate of drug-likeness (QED) is 0.596. The Bertz CT molecular complexity index is 890. The van der Waals surface area contributed by atoms with Crippen LogP contribution in [0.15, 0.2) is 39.8 Å². The molecule has 1 saturated heterocycles. The number of amides is 1. The molecule has 1 aliphatic rings. The lowest BCUT2D eigenvalue weighted by Gasteiger charge is -2.13. The summed E-state index contributed by atoms with van der Waals surface area (Å²) in [5.41, 5.74) is 2.30. The summed E-state index contributed by atoms with van der Waals surface area (Å²) in [6.07, 6.45) is 2.10. The highest BCUT2D eigenvalue weighted by molar-refractivity contribution is 8.26. The predicted octanol–water partition coefficient (Wildman–Crippen LogP) is 3.72. The highest BCUT2D eigenvalue weighted by atomic mass is 32.2. The fourth-order valence-electron chi connectivity index (χ4n) is 2.57. The minimum atomic E-state index is -0.890. The first-order chi connectivity index (χ1) is 12.5. The summed E-state index contributed by atoms with van der Waals surface area (Å²) in [5, 5.41) is 12.8. The molecular formula is C18H16N2O4S2. The van der Waals surface area contributed by atoms with Crippen molar-refractivity contribution in [2.45, 2.75) is 19.8 Å². The van der Waals surface area contributed by atoms with E-state index in [-0.39, 0.29) is 12.3 Å². The largest absolute Gasteiger partial charge is 0.481 e. The second-order valence-electron chi connectivity index (χ2n) is 5.70. The number of aryl methyl sites for hydroxylation is 1. The summed E-state index contributed by atoms with van der Waals surface area (Å²) in [5.74, 6) is -0.497. The molecule has 1 N–H and O–H groups in total. The van der Waals surface area contributed by atoms with E-state index in [1.54, 1.807) is 13.0 Å². The SMILES string of the molecule is Cc1onc(-c2ccccc2)c1C=C1SC(=S)N(CCCC(=O)O)C1=O.